The first-order chi connectivity index (χ1) is 13.4. The molecule has 1 aliphatic heterocycles. The van der Waals surface area contributed by atoms with Gasteiger partial charge in [0.1, 0.15) is 6.54 Å². The third kappa shape index (κ3) is 3.61. The van der Waals surface area contributed by atoms with Gasteiger partial charge in [-0.15, -0.1) is 0 Å². The number of aryl methyl sites for hydroxylation is 2. The summed E-state index contributed by atoms with van der Waals surface area (Å²) in [4.78, 5) is 32.5. The normalized spacial score (nSPS) is 18.2. The highest BCUT2D eigenvalue weighted by molar-refractivity contribution is 9.10. The second-order valence-electron chi connectivity index (χ2n) is 7.46. The van der Waals surface area contributed by atoms with E-state index in [1.807, 2.05) is 50.2 Å². The highest BCUT2D eigenvalue weighted by Gasteiger charge is 2.37. The SMILES string of the molecule is Cc1cc2c(cc1C)N(CC(=O)Nc1cccc(Br)c1)C(=O)C1CCCC1=N2. The van der Waals surface area contributed by atoms with E-state index in [0.29, 0.717) is 5.69 Å². The van der Waals surface area contributed by atoms with E-state index < -0.39 is 0 Å². The Labute approximate surface area is 173 Å². The van der Waals surface area contributed by atoms with Gasteiger partial charge < -0.3 is 10.2 Å². The minimum atomic E-state index is -0.225. The number of carbonyl (C=O) groups excluding carboxylic acids is 2. The van der Waals surface area contributed by atoms with Crippen LogP contribution in [0, 0.1) is 19.8 Å². The predicted octanol–water partition coefficient (Wildman–Crippen LogP) is 4.92. The molecule has 4 rings (SSSR count). The zero-order valence-corrected chi connectivity index (χ0v) is 17.5. The summed E-state index contributed by atoms with van der Waals surface area (Å²) in [5.74, 6) is -0.466. The van der Waals surface area contributed by atoms with Crippen molar-refractivity contribution in [2.75, 3.05) is 16.8 Å². The van der Waals surface area contributed by atoms with Crippen LogP contribution in [0.1, 0.15) is 30.4 Å². The Morgan fingerprint density at radius 2 is 2.04 bits per heavy atom. The number of rotatable bonds is 3. The average molecular weight is 440 g/mol. The van der Waals surface area contributed by atoms with E-state index in [-0.39, 0.29) is 24.3 Å². The molecule has 2 amide bonds. The number of aliphatic imine (C=N–C) groups is 1. The van der Waals surface area contributed by atoms with E-state index in [2.05, 4.69) is 21.2 Å². The lowest BCUT2D eigenvalue weighted by atomic mass is 10.0. The molecule has 0 bridgehead atoms. The minimum absolute atomic E-state index is 0.0253. The van der Waals surface area contributed by atoms with Gasteiger partial charge in [0.05, 0.1) is 17.3 Å². The van der Waals surface area contributed by atoms with Crippen molar-refractivity contribution in [3.8, 4) is 0 Å². The van der Waals surface area contributed by atoms with Crippen molar-refractivity contribution < 1.29 is 9.59 Å². The Hall–Kier alpha value is -2.47. The van der Waals surface area contributed by atoms with Crippen molar-refractivity contribution in [2.24, 2.45) is 10.9 Å². The molecular formula is C22H22BrN3O2. The highest BCUT2D eigenvalue weighted by atomic mass is 79.9. The van der Waals surface area contributed by atoms with Gasteiger partial charge in [0.15, 0.2) is 0 Å². The van der Waals surface area contributed by atoms with Crippen molar-refractivity contribution in [1.29, 1.82) is 0 Å². The average Bonchev–Trinajstić information content (AvgIpc) is 3.07. The van der Waals surface area contributed by atoms with Crippen LogP contribution in [0.4, 0.5) is 17.1 Å². The number of nitrogens with one attached hydrogen (secondary N) is 1. The standard InChI is InChI=1S/C22H22BrN3O2/c1-13-9-19-20(10-14(13)2)26(22(28)17-7-4-8-18(17)25-19)12-21(27)24-16-6-3-5-15(23)11-16/h3,5-6,9-11,17H,4,7-8,12H2,1-2H3,(H,24,27). The lowest BCUT2D eigenvalue weighted by Gasteiger charge is -2.25. The maximum absolute atomic E-state index is 13.3. The molecule has 1 aliphatic carbocycles. The lowest BCUT2D eigenvalue weighted by molar-refractivity contribution is -0.122. The number of fused-ring (bicyclic) bond motifs is 2. The van der Waals surface area contributed by atoms with Crippen LogP contribution in [-0.2, 0) is 9.59 Å². The summed E-state index contributed by atoms with van der Waals surface area (Å²) in [6.07, 6.45) is 2.61. The molecule has 2 aliphatic rings. The van der Waals surface area contributed by atoms with Gasteiger partial charge >= 0.3 is 0 Å². The molecule has 0 spiro atoms. The van der Waals surface area contributed by atoms with Gasteiger partial charge in [0, 0.05) is 15.9 Å². The number of anilines is 2. The monoisotopic (exact) mass is 439 g/mol. The first kappa shape index (κ1) is 18.9. The summed E-state index contributed by atoms with van der Waals surface area (Å²) in [6.45, 7) is 4.03. The molecule has 2 aromatic rings. The summed E-state index contributed by atoms with van der Waals surface area (Å²) < 4.78 is 0.886. The molecule has 0 aromatic heterocycles. The molecular weight excluding hydrogens is 418 g/mol. The minimum Gasteiger partial charge on any atom is -0.324 e. The maximum atomic E-state index is 13.3. The van der Waals surface area contributed by atoms with Gasteiger partial charge in [-0.3, -0.25) is 14.6 Å². The fraction of sp³-hybridized carbons (Fsp3) is 0.318. The van der Waals surface area contributed by atoms with Crippen molar-refractivity contribution in [1.82, 2.24) is 0 Å². The predicted molar refractivity (Wildman–Crippen MR) is 115 cm³/mol. The largest absolute Gasteiger partial charge is 0.324 e. The molecule has 1 atom stereocenters. The summed E-state index contributed by atoms with van der Waals surface area (Å²) in [6, 6.07) is 11.4. The number of nitrogens with zero attached hydrogens (tertiary/aromatic N) is 2. The van der Waals surface area contributed by atoms with Gasteiger partial charge in [0.25, 0.3) is 0 Å². The fourth-order valence-corrected chi connectivity index (χ4v) is 4.25. The molecule has 6 heteroatoms. The van der Waals surface area contributed by atoms with Crippen molar-refractivity contribution in [3.05, 3.63) is 52.0 Å². The number of halogens is 1. The molecule has 0 radical (unpaired) electrons. The van der Waals surface area contributed by atoms with Crippen LogP contribution in [0.5, 0.6) is 0 Å². The fourth-order valence-electron chi connectivity index (χ4n) is 3.85. The molecule has 1 N–H and O–H groups in total. The Morgan fingerprint density at radius 1 is 1.25 bits per heavy atom. The van der Waals surface area contributed by atoms with E-state index in [9.17, 15) is 9.59 Å². The summed E-state index contributed by atoms with van der Waals surface area (Å²) in [7, 11) is 0. The molecule has 0 saturated heterocycles. The van der Waals surface area contributed by atoms with Gasteiger partial charge in [-0.1, -0.05) is 22.0 Å². The van der Waals surface area contributed by atoms with Crippen LogP contribution < -0.4 is 10.2 Å². The highest BCUT2D eigenvalue weighted by Crippen LogP contribution is 2.39. The second-order valence-corrected chi connectivity index (χ2v) is 8.37. The number of hydrogen-bond acceptors (Lipinski definition) is 3. The summed E-state index contributed by atoms with van der Waals surface area (Å²) in [5, 5.41) is 2.89. The zero-order valence-electron chi connectivity index (χ0n) is 16.0. The van der Waals surface area contributed by atoms with Crippen LogP contribution in [0.15, 0.2) is 45.9 Å². The number of amides is 2. The summed E-state index contributed by atoms with van der Waals surface area (Å²) >= 11 is 3.41. The molecule has 1 heterocycles. The van der Waals surface area contributed by atoms with Crippen LogP contribution in [-0.4, -0.2) is 24.1 Å². The molecule has 1 saturated carbocycles. The molecule has 2 aromatic carbocycles. The smallest absolute Gasteiger partial charge is 0.244 e. The zero-order chi connectivity index (χ0) is 19.8. The Bertz CT molecular complexity index is 999. The summed E-state index contributed by atoms with van der Waals surface area (Å²) in [5.41, 5.74) is 5.36. The van der Waals surface area contributed by atoms with Gasteiger partial charge in [-0.25, -0.2) is 0 Å². The quantitative estimate of drug-likeness (QED) is 0.736. The Kier molecular flexibility index (Phi) is 5.06. The number of hydrogen-bond donors (Lipinski definition) is 1. The molecule has 5 nitrogen and oxygen atoms in total. The molecule has 144 valence electrons. The van der Waals surface area contributed by atoms with E-state index in [1.165, 1.54) is 0 Å². The Balaban J connectivity index is 1.67. The lowest BCUT2D eigenvalue weighted by Crippen LogP contribution is -2.42. The van der Waals surface area contributed by atoms with Gasteiger partial charge in [-0.2, -0.15) is 0 Å². The molecule has 28 heavy (non-hydrogen) atoms. The number of benzene rings is 2. The van der Waals surface area contributed by atoms with E-state index >= 15 is 0 Å². The van der Waals surface area contributed by atoms with Crippen molar-refractivity contribution >= 4 is 50.5 Å². The van der Waals surface area contributed by atoms with Crippen molar-refractivity contribution in [3.63, 3.8) is 0 Å². The van der Waals surface area contributed by atoms with Crippen LogP contribution >= 0.6 is 15.9 Å². The number of carbonyl (C=O) groups is 2. The third-order valence-electron chi connectivity index (χ3n) is 5.45. The van der Waals surface area contributed by atoms with Crippen molar-refractivity contribution in [2.45, 2.75) is 33.1 Å². The van der Waals surface area contributed by atoms with Crippen LogP contribution in [0.2, 0.25) is 0 Å². The Morgan fingerprint density at radius 3 is 2.82 bits per heavy atom. The second kappa shape index (κ2) is 7.51. The first-order valence-corrected chi connectivity index (χ1v) is 10.3. The van der Waals surface area contributed by atoms with E-state index in [1.54, 1.807) is 4.90 Å². The maximum Gasteiger partial charge on any atom is 0.244 e. The molecule has 1 unspecified atom stereocenters. The van der Waals surface area contributed by atoms with Crippen LogP contribution in [0.25, 0.3) is 0 Å². The van der Waals surface area contributed by atoms with E-state index in [0.717, 1.165) is 51.9 Å². The van der Waals surface area contributed by atoms with Gasteiger partial charge in [-0.05, 0) is 74.6 Å². The van der Waals surface area contributed by atoms with E-state index in [4.69, 9.17) is 4.99 Å². The first-order valence-electron chi connectivity index (χ1n) is 9.48. The van der Waals surface area contributed by atoms with Crippen LogP contribution in [0.3, 0.4) is 0 Å². The molecule has 1 fully saturated rings. The van der Waals surface area contributed by atoms with Gasteiger partial charge in [0.2, 0.25) is 11.8 Å². The topological polar surface area (TPSA) is 61.8 Å². The third-order valence-corrected chi connectivity index (χ3v) is 5.94.